The largest absolute Gasteiger partial charge is 0.497 e. The Morgan fingerprint density at radius 2 is 1.69 bits per heavy atom. The lowest BCUT2D eigenvalue weighted by Gasteiger charge is -2.40. The van der Waals surface area contributed by atoms with Crippen molar-refractivity contribution < 1.29 is 13.9 Å². The maximum atomic E-state index is 13.6. The zero-order valence-electron chi connectivity index (χ0n) is 19.3. The number of benzene rings is 3. The third-order valence-corrected chi connectivity index (χ3v) is 7.49. The maximum Gasteiger partial charge on any atom is 0.223 e. The molecule has 6 nitrogen and oxygen atoms in total. The molecule has 2 aliphatic heterocycles. The highest BCUT2D eigenvalue weighted by Gasteiger charge is 2.49. The number of hydrogen-bond acceptors (Lipinski definition) is 5. The molecule has 0 spiro atoms. The van der Waals surface area contributed by atoms with Crippen LogP contribution in [0.2, 0.25) is 0 Å². The molecule has 0 aromatic heterocycles. The van der Waals surface area contributed by atoms with Crippen LogP contribution in [0.3, 0.4) is 0 Å². The molecular weight excluding hydrogens is 511 g/mol. The highest BCUT2D eigenvalue weighted by Crippen LogP contribution is 2.42. The van der Waals surface area contributed by atoms with Crippen molar-refractivity contribution in [2.45, 2.75) is 31.2 Å². The minimum Gasteiger partial charge on any atom is -0.497 e. The molecule has 182 valence electrons. The van der Waals surface area contributed by atoms with Gasteiger partial charge in [0, 0.05) is 28.9 Å². The molecule has 35 heavy (non-hydrogen) atoms. The Balaban J connectivity index is 1.40. The number of methoxy groups -OCH3 is 1. The van der Waals surface area contributed by atoms with Gasteiger partial charge in [-0.25, -0.2) is 15.2 Å². The fourth-order valence-corrected chi connectivity index (χ4v) is 5.39. The molecule has 0 saturated carbocycles. The van der Waals surface area contributed by atoms with Crippen LogP contribution in [-0.2, 0) is 11.3 Å². The van der Waals surface area contributed by atoms with E-state index in [0.717, 1.165) is 26.9 Å². The first-order valence-corrected chi connectivity index (χ1v) is 12.5. The Kier molecular flexibility index (Phi) is 7.15. The highest BCUT2D eigenvalue weighted by molar-refractivity contribution is 9.10. The molecular formula is C27H28BrFN4O2. The zero-order chi connectivity index (χ0) is 24.4. The van der Waals surface area contributed by atoms with Gasteiger partial charge in [0.1, 0.15) is 11.6 Å². The summed E-state index contributed by atoms with van der Waals surface area (Å²) in [5.74, 6) is 0.261. The minimum absolute atomic E-state index is 0.00103. The highest BCUT2D eigenvalue weighted by atomic mass is 79.9. The lowest BCUT2D eigenvalue weighted by molar-refractivity contribution is -0.129. The second-order valence-corrected chi connectivity index (χ2v) is 9.97. The van der Waals surface area contributed by atoms with E-state index >= 15 is 0 Å². The van der Waals surface area contributed by atoms with Gasteiger partial charge in [-0.15, -0.1) is 0 Å². The third kappa shape index (κ3) is 5.26. The van der Waals surface area contributed by atoms with Crippen LogP contribution >= 0.6 is 15.9 Å². The van der Waals surface area contributed by atoms with E-state index in [2.05, 4.69) is 49.5 Å². The van der Waals surface area contributed by atoms with Gasteiger partial charge in [0.15, 0.2) is 0 Å². The summed E-state index contributed by atoms with van der Waals surface area (Å²) in [6, 6.07) is 22.4. The molecule has 2 saturated heterocycles. The first-order valence-electron chi connectivity index (χ1n) is 11.7. The quantitative estimate of drug-likeness (QED) is 0.375. The van der Waals surface area contributed by atoms with Crippen LogP contribution in [-0.4, -0.2) is 19.2 Å². The van der Waals surface area contributed by atoms with Gasteiger partial charge in [-0.1, -0.05) is 52.3 Å². The summed E-state index contributed by atoms with van der Waals surface area (Å²) >= 11 is 3.50. The van der Waals surface area contributed by atoms with E-state index in [4.69, 9.17) is 4.74 Å². The van der Waals surface area contributed by atoms with E-state index < -0.39 is 0 Å². The number of nitrogens with one attached hydrogen (secondary N) is 4. The molecule has 3 aromatic carbocycles. The zero-order valence-corrected chi connectivity index (χ0v) is 20.9. The Labute approximate surface area is 212 Å². The molecule has 5 atom stereocenters. The van der Waals surface area contributed by atoms with Crippen molar-refractivity contribution in [3.63, 3.8) is 0 Å². The van der Waals surface area contributed by atoms with E-state index in [1.165, 1.54) is 12.1 Å². The predicted octanol–water partition coefficient (Wildman–Crippen LogP) is 4.36. The Bertz CT molecular complexity index is 1160. The average molecular weight is 539 g/mol. The smallest absolute Gasteiger partial charge is 0.223 e. The first-order chi connectivity index (χ1) is 17.0. The van der Waals surface area contributed by atoms with Crippen LogP contribution in [0.5, 0.6) is 5.75 Å². The van der Waals surface area contributed by atoms with Gasteiger partial charge >= 0.3 is 0 Å². The van der Waals surface area contributed by atoms with Gasteiger partial charge in [0.25, 0.3) is 0 Å². The topological polar surface area (TPSA) is 74.4 Å². The number of halogens is 2. The normalized spacial score (nSPS) is 25.6. The lowest BCUT2D eigenvalue weighted by Crippen LogP contribution is -2.54. The van der Waals surface area contributed by atoms with Crippen molar-refractivity contribution in [3.8, 4) is 5.75 Å². The predicted molar refractivity (Wildman–Crippen MR) is 136 cm³/mol. The molecule has 0 radical (unpaired) electrons. The number of carbonyl (C=O) groups excluding carboxylic acids is 1. The Hall–Kier alpha value is -2.78. The third-order valence-electron chi connectivity index (χ3n) is 6.96. The van der Waals surface area contributed by atoms with Gasteiger partial charge in [0.2, 0.25) is 5.91 Å². The minimum atomic E-state index is -0.288. The molecule has 2 fully saturated rings. The summed E-state index contributed by atoms with van der Waals surface area (Å²) in [5.41, 5.74) is 9.90. The van der Waals surface area contributed by atoms with E-state index in [0.29, 0.717) is 13.0 Å². The maximum absolute atomic E-state index is 13.6. The van der Waals surface area contributed by atoms with Crippen LogP contribution in [0.25, 0.3) is 0 Å². The van der Waals surface area contributed by atoms with Crippen LogP contribution in [0.15, 0.2) is 77.3 Å². The Morgan fingerprint density at radius 1 is 1.00 bits per heavy atom. The monoisotopic (exact) mass is 538 g/mol. The second kappa shape index (κ2) is 10.5. The van der Waals surface area contributed by atoms with Crippen LogP contribution in [0.4, 0.5) is 4.39 Å². The van der Waals surface area contributed by atoms with Crippen LogP contribution in [0.1, 0.15) is 35.2 Å². The average Bonchev–Trinajstić information content (AvgIpc) is 3.32. The van der Waals surface area contributed by atoms with Crippen LogP contribution in [0, 0.1) is 17.7 Å². The molecule has 1 amide bonds. The first kappa shape index (κ1) is 23.9. The number of amides is 1. The van der Waals surface area contributed by atoms with Crippen molar-refractivity contribution in [2.24, 2.45) is 11.8 Å². The summed E-state index contributed by atoms with van der Waals surface area (Å²) in [5, 5.41) is 6.80. The molecule has 5 rings (SSSR count). The van der Waals surface area contributed by atoms with E-state index in [9.17, 15) is 9.18 Å². The molecule has 0 aliphatic carbocycles. The second-order valence-electron chi connectivity index (χ2n) is 9.05. The number of hydrazine groups is 1. The van der Waals surface area contributed by atoms with Crippen molar-refractivity contribution in [2.75, 3.05) is 7.11 Å². The summed E-state index contributed by atoms with van der Waals surface area (Å²) in [6.07, 6.45) is 0.560. The Morgan fingerprint density at radius 3 is 2.37 bits per heavy atom. The van der Waals surface area contributed by atoms with Gasteiger partial charge in [-0.2, -0.15) is 0 Å². The molecule has 3 aromatic rings. The van der Waals surface area contributed by atoms with E-state index in [1.807, 2.05) is 36.4 Å². The summed E-state index contributed by atoms with van der Waals surface area (Å²) < 4.78 is 19.6. The number of piperidine rings is 1. The lowest BCUT2D eigenvalue weighted by atomic mass is 9.74. The van der Waals surface area contributed by atoms with Crippen molar-refractivity contribution >= 4 is 21.8 Å². The van der Waals surface area contributed by atoms with Gasteiger partial charge in [0.05, 0.1) is 19.3 Å². The molecule has 2 heterocycles. The standard InChI is InChI=1S/C27H28BrFN4O2/c1-35-21-12-6-17(7-13-21)23-14-22(27(34)30-15-16-2-10-20(29)11-3-16)24-25(32-33-26(24)31-23)18-4-8-19(28)9-5-18/h2-13,22-26,31-33H,14-15H2,1H3,(H,30,34). The number of carbonyl (C=O) groups is 1. The summed E-state index contributed by atoms with van der Waals surface area (Å²) in [7, 11) is 1.65. The molecule has 0 bridgehead atoms. The fourth-order valence-electron chi connectivity index (χ4n) is 5.13. The van der Waals surface area contributed by atoms with Crippen molar-refractivity contribution in [3.05, 3.63) is 99.8 Å². The molecule has 2 aliphatic rings. The molecule has 4 N–H and O–H groups in total. The molecule has 5 unspecified atom stereocenters. The number of fused-ring (bicyclic) bond motifs is 1. The van der Waals surface area contributed by atoms with E-state index in [-0.39, 0.29) is 41.8 Å². The summed E-state index contributed by atoms with van der Waals surface area (Å²) in [4.78, 5) is 13.6. The van der Waals surface area contributed by atoms with E-state index in [1.54, 1.807) is 19.2 Å². The van der Waals surface area contributed by atoms with Crippen LogP contribution < -0.4 is 26.2 Å². The number of hydrogen-bond donors (Lipinski definition) is 4. The van der Waals surface area contributed by atoms with Crippen molar-refractivity contribution in [1.29, 1.82) is 0 Å². The molecule has 8 heteroatoms. The summed E-state index contributed by atoms with van der Waals surface area (Å²) in [6.45, 7) is 0.359. The van der Waals surface area contributed by atoms with Gasteiger partial charge in [-0.05, 0) is 59.5 Å². The van der Waals surface area contributed by atoms with Gasteiger partial charge in [-0.3, -0.25) is 10.1 Å². The SMILES string of the molecule is COc1ccc(C2CC(C(=O)NCc3ccc(F)cc3)C3C(NNC3c3ccc(Br)cc3)N2)cc1. The van der Waals surface area contributed by atoms with Crippen molar-refractivity contribution in [1.82, 2.24) is 21.5 Å². The number of ether oxygens (including phenoxy) is 1. The number of rotatable bonds is 6. The fraction of sp³-hybridized carbons (Fsp3) is 0.296. The van der Waals surface area contributed by atoms with Gasteiger partial charge < -0.3 is 10.1 Å².